The summed E-state index contributed by atoms with van der Waals surface area (Å²) in [5, 5.41) is 4.57. The lowest BCUT2D eigenvalue weighted by molar-refractivity contribution is 0.666. The lowest BCUT2D eigenvalue weighted by atomic mass is 9.67. The molecule has 2 heterocycles. The molecular formula is C67H44N2O. The molecule has 0 unspecified atom stereocenters. The van der Waals surface area contributed by atoms with E-state index in [1.807, 2.05) is 0 Å². The van der Waals surface area contributed by atoms with Gasteiger partial charge in [0.15, 0.2) is 0 Å². The maximum absolute atomic E-state index is 7.08. The summed E-state index contributed by atoms with van der Waals surface area (Å²) in [5.74, 6) is 0. The van der Waals surface area contributed by atoms with E-state index in [1.54, 1.807) is 0 Å². The minimum absolute atomic E-state index is 0.535. The van der Waals surface area contributed by atoms with Crippen LogP contribution >= 0.6 is 0 Å². The van der Waals surface area contributed by atoms with Crippen molar-refractivity contribution in [3.63, 3.8) is 0 Å². The Hall–Kier alpha value is -9.18. The zero-order chi connectivity index (χ0) is 46.2. The third-order valence-electron chi connectivity index (χ3n) is 14.7. The third kappa shape index (κ3) is 6.08. The topological polar surface area (TPSA) is 21.3 Å². The van der Waals surface area contributed by atoms with Crippen molar-refractivity contribution >= 4 is 60.8 Å². The first-order valence-corrected chi connectivity index (χ1v) is 24.1. The van der Waals surface area contributed by atoms with Crippen LogP contribution in [0.3, 0.4) is 0 Å². The van der Waals surface area contributed by atoms with E-state index in [0.717, 1.165) is 50.2 Å². The lowest BCUT2D eigenvalue weighted by Crippen LogP contribution is -2.28. The van der Waals surface area contributed by atoms with Gasteiger partial charge < -0.3 is 13.9 Å². The van der Waals surface area contributed by atoms with Gasteiger partial charge in [0.25, 0.3) is 0 Å². The number of anilines is 3. The summed E-state index contributed by atoms with van der Waals surface area (Å²) in [6.45, 7) is 0. The van der Waals surface area contributed by atoms with Gasteiger partial charge in [-0.05, 0) is 122 Å². The minimum atomic E-state index is -0.535. The number of furan rings is 1. The highest BCUT2D eigenvalue weighted by atomic mass is 16.3. The Morgan fingerprint density at radius 3 is 1.59 bits per heavy atom. The summed E-state index contributed by atoms with van der Waals surface area (Å²) >= 11 is 0. The van der Waals surface area contributed by atoms with Crippen molar-refractivity contribution in [1.29, 1.82) is 0 Å². The summed E-state index contributed by atoms with van der Waals surface area (Å²) in [7, 11) is 0. The Morgan fingerprint density at radius 1 is 0.343 bits per heavy atom. The first kappa shape index (κ1) is 39.9. The molecule has 3 heteroatoms. The molecule has 0 fully saturated rings. The predicted octanol–water partition coefficient (Wildman–Crippen LogP) is 17.8. The first-order chi connectivity index (χ1) is 34.7. The smallest absolute Gasteiger partial charge is 0.137 e. The van der Waals surface area contributed by atoms with E-state index >= 15 is 0 Å². The Morgan fingerprint density at radius 2 is 0.900 bits per heavy atom. The summed E-state index contributed by atoms with van der Waals surface area (Å²) in [4.78, 5) is 2.42. The van der Waals surface area contributed by atoms with Crippen LogP contribution in [-0.4, -0.2) is 4.57 Å². The second kappa shape index (κ2) is 16.0. The van der Waals surface area contributed by atoms with Gasteiger partial charge in [0.1, 0.15) is 11.2 Å². The number of para-hydroxylation sites is 1. The highest BCUT2D eigenvalue weighted by Crippen LogP contribution is 2.58. The first-order valence-electron chi connectivity index (χ1n) is 24.1. The zero-order valence-electron chi connectivity index (χ0n) is 38.2. The number of aromatic nitrogens is 1. The van der Waals surface area contributed by atoms with Gasteiger partial charge in [-0.15, -0.1) is 0 Å². The van der Waals surface area contributed by atoms with Crippen molar-refractivity contribution in [2.75, 3.05) is 4.90 Å². The monoisotopic (exact) mass is 892 g/mol. The van der Waals surface area contributed by atoms with Gasteiger partial charge in [-0.25, -0.2) is 0 Å². The fraction of sp³-hybridized carbons (Fsp3) is 0.0149. The number of fused-ring (bicyclic) bond motifs is 9. The Balaban J connectivity index is 1.01. The van der Waals surface area contributed by atoms with Crippen molar-refractivity contribution < 1.29 is 4.42 Å². The normalized spacial score (nSPS) is 12.7. The summed E-state index contributed by atoms with van der Waals surface area (Å²) in [5.41, 5.74) is 19.9. The number of hydrogen-bond donors (Lipinski definition) is 0. The van der Waals surface area contributed by atoms with Crippen molar-refractivity contribution in [2.24, 2.45) is 0 Å². The molecule has 1 aliphatic rings. The maximum atomic E-state index is 7.08. The minimum Gasteiger partial charge on any atom is -0.456 e. The number of hydrogen-bond acceptors (Lipinski definition) is 2. The second-order valence-corrected chi connectivity index (χ2v) is 18.4. The molecule has 3 nitrogen and oxygen atoms in total. The molecule has 0 N–H and O–H groups in total. The lowest BCUT2D eigenvalue weighted by Gasteiger charge is -2.33. The molecule has 0 bridgehead atoms. The molecule has 70 heavy (non-hydrogen) atoms. The van der Waals surface area contributed by atoms with E-state index in [2.05, 4.69) is 276 Å². The van der Waals surface area contributed by atoms with Crippen molar-refractivity contribution in [2.45, 2.75) is 5.41 Å². The van der Waals surface area contributed by atoms with Gasteiger partial charge in [0.05, 0.1) is 27.5 Å². The summed E-state index contributed by atoms with van der Waals surface area (Å²) < 4.78 is 9.50. The van der Waals surface area contributed by atoms with Gasteiger partial charge in [0, 0.05) is 33.2 Å². The largest absolute Gasteiger partial charge is 0.456 e. The molecule has 11 aromatic carbocycles. The maximum Gasteiger partial charge on any atom is 0.137 e. The number of nitrogens with zero attached hydrogens (tertiary/aromatic N) is 2. The van der Waals surface area contributed by atoms with Gasteiger partial charge >= 0.3 is 0 Å². The highest BCUT2D eigenvalue weighted by Gasteiger charge is 2.46. The van der Waals surface area contributed by atoms with E-state index < -0.39 is 5.41 Å². The summed E-state index contributed by atoms with van der Waals surface area (Å²) in [6.07, 6.45) is 0. The fourth-order valence-corrected chi connectivity index (χ4v) is 11.6. The average molecular weight is 893 g/mol. The van der Waals surface area contributed by atoms with Gasteiger partial charge in [-0.2, -0.15) is 0 Å². The van der Waals surface area contributed by atoms with Crippen LogP contribution in [-0.2, 0) is 5.41 Å². The van der Waals surface area contributed by atoms with Gasteiger partial charge in [0.2, 0.25) is 0 Å². The van der Waals surface area contributed by atoms with Crippen LogP contribution in [0.1, 0.15) is 22.3 Å². The van der Waals surface area contributed by atoms with Crippen LogP contribution in [0.15, 0.2) is 271 Å². The van der Waals surface area contributed by atoms with Crippen LogP contribution in [0, 0.1) is 0 Å². The molecule has 0 spiro atoms. The molecule has 0 amide bonds. The van der Waals surface area contributed by atoms with Crippen molar-refractivity contribution in [3.8, 4) is 39.1 Å². The van der Waals surface area contributed by atoms with E-state index in [1.165, 1.54) is 71.9 Å². The van der Waals surface area contributed by atoms with E-state index in [4.69, 9.17) is 4.42 Å². The molecule has 0 atom stereocenters. The van der Waals surface area contributed by atoms with E-state index in [-0.39, 0.29) is 0 Å². The number of benzene rings is 11. The Bertz CT molecular complexity index is 4040. The fourth-order valence-electron chi connectivity index (χ4n) is 11.6. The molecule has 13 aromatic rings. The molecule has 0 aliphatic heterocycles. The Labute approximate surface area is 406 Å². The van der Waals surface area contributed by atoms with Crippen LogP contribution in [0.25, 0.3) is 82.8 Å². The molecule has 0 saturated heterocycles. The van der Waals surface area contributed by atoms with E-state index in [9.17, 15) is 0 Å². The highest BCUT2D eigenvalue weighted by molar-refractivity contribution is 6.16. The van der Waals surface area contributed by atoms with Crippen LogP contribution in [0.5, 0.6) is 0 Å². The van der Waals surface area contributed by atoms with Crippen LogP contribution < -0.4 is 4.90 Å². The van der Waals surface area contributed by atoms with Crippen LogP contribution in [0.2, 0.25) is 0 Å². The molecule has 14 rings (SSSR count). The molecule has 328 valence electrons. The number of rotatable bonds is 8. The van der Waals surface area contributed by atoms with Crippen molar-refractivity contribution in [3.05, 3.63) is 289 Å². The second-order valence-electron chi connectivity index (χ2n) is 18.4. The molecule has 0 radical (unpaired) electrons. The molecular weight excluding hydrogens is 849 g/mol. The predicted molar refractivity (Wildman–Crippen MR) is 291 cm³/mol. The standard InChI is InChI=1S/C67H44N2O/c1-5-18-45(19-6-1)47-32-36-51(37-33-47)68(53-40-41-56-55-27-14-16-29-61(55)69(63(56)42-53)52-38-34-48(35-39-52)46-20-7-2-8-21-46)62-30-17-31-64-66(62)58-43-57-54-26-13-15-28-59(54)67(49-22-9-3-10-23-49,50-24-11-4-12-25-50)60(57)44-65(58)70-64/h1-44H. The third-order valence-corrected chi connectivity index (χ3v) is 14.7. The SMILES string of the molecule is c1ccc(-c2ccc(N(c3ccc4c5ccccc5n(-c5ccc(-c6ccccc6)cc5)c4c3)c3cccc4oc5cc6c(cc5c34)-c3ccccc3C6(c3ccccc3)c3ccccc3)cc2)cc1. The van der Waals surface area contributed by atoms with Crippen LogP contribution in [0.4, 0.5) is 17.1 Å². The zero-order valence-corrected chi connectivity index (χ0v) is 38.2. The summed E-state index contributed by atoms with van der Waals surface area (Å²) in [6, 6.07) is 97.1. The molecule has 0 saturated carbocycles. The average Bonchev–Trinajstić information content (AvgIpc) is 4.07. The molecule has 1 aliphatic carbocycles. The molecule has 2 aromatic heterocycles. The van der Waals surface area contributed by atoms with E-state index in [0.29, 0.717) is 0 Å². The quantitative estimate of drug-likeness (QED) is 0.152. The Kier molecular flexibility index (Phi) is 9.11. The van der Waals surface area contributed by atoms with Gasteiger partial charge in [-0.1, -0.05) is 200 Å². The van der Waals surface area contributed by atoms with Gasteiger partial charge in [-0.3, -0.25) is 0 Å². The van der Waals surface area contributed by atoms with Crippen molar-refractivity contribution in [1.82, 2.24) is 4.57 Å².